The lowest BCUT2D eigenvalue weighted by molar-refractivity contribution is 0.296. The maximum Gasteiger partial charge on any atom is 0.0483 e. The average molecular weight is 142 g/mol. The highest BCUT2D eigenvalue weighted by Crippen LogP contribution is 1.83. The van der Waals surface area contributed by atoms with Crippen LogP contribution < -0.4 is 5.32 Å². The van der Waals surface area contributed by atoms with E-state index in [9.17, 15) is 0 Å². The van der Waals surface area contributed by atoms with Crippen molar-refractivity contribution < 1.29 is 0 Å². The molecule has 0 fully saturated rings. The van der Waals surface area contributed by atoms with Gasteiger partial charge in [0.05, 0.1) is 0 Å². The molecule has 0 spiro atoms. The fourth-order valence-electron chi connectivity index (χ4n) is 0.758. The van der Waals surface area contributed by atoms with Crippen molar-refractivity contribution in [3.05, 3.63) is 12.7 Å². The van der Waals surface area contributed by atoms with Gasteiger partial charge in [0.2, 0.25) is 0 Å². The van der Waals surface area contributed by atoms with Crippen LogP contribution in [0.1, 0.15) is 13.8 Å². The molecule has 0 heterocycles. The van der Waals surface area contributed by atoms with Crippen molar-refractivity contribution in [3.8, 4) is 0 Å². The SMILES string of the molecule is C=CCN(CC)CNCC. The molecule has 2 heteroatoms. The van der Waals surface area contributed by atoms with Crippen molar-refractivity contribution in [2.24, 2.45) is 0 Å². The lowest BCUT2D eigenvalue weighted by Crippen LogP contribution is -2.33. The summed E-state index contributed by atoms with van der Waals surface area (Å²) in [6, 6.07) is 0. The van der Waals surface area contributed by atoms with Crippen LogP contribution in [0, 0.1) is 0 Å². The van der Waals surface area contributed by atoms with Crippen LogP contribution in [0.3, 0.4) is 0 Å². The zero-order valence-electron chi connectivity index (χ0n) is 7.06. The Morgan fingerprint density at radius 1 is 1.50 bits per heavy atom. The Hall–Kier alpha value is -0.340. The Bertz CT molecular complexity index is 81.3. The molecule has 0 amide bonds. The highest BCUT2D eigenvalue weighted by molar-refractivity contribution is 4.71. The van der Waals surface area contributed by atoms with Crippen LogP contribution in [-0.2, 0) is 0 Å². The van der Waals surface area contributed by atoms with Crippen LogP contribution in [0.2, 0.25) is 0 Å². The Kier molecular flexibility index (Phi) is 6.55. The van der Waals surface area contributed by atoms with Crippen LogP contribution in [-0.4, -0.2) is 31.2 Å². The fourth-order valence-corrected chi connectivity index (χ4v) is 0.758. The first-order valence-corrected chi connectivity index (χ1v) is 3.89. The molecular formula is C8H18N2. The van der Waals surface area contributed by atoms with E-state index in [0.29, 0.717) is 0 Å². The van der Waals surface area contributed by atoms with Crippen LogP contribution >= 0.6 is 0 Å². The highest BCUT2D eigenvalue weighted by Gasteiger charge is 1.95. The second-order valence-electron chi connectivity index (χ2n) is 2.22. The number of hydrogen-bond acceptors (Lipinski definition) is 2. The smallest absolute Gasteiger partial charge is 0.0483 e. The summed E-state index contributed by atoms with van der Waals surface area (Å²) in [5.74, 6) is 0. The maximum absolute atomic E-state index is 3.69. The molecule has 0 radical (unpaired) electrons. The van der Waals surface area contributed by atoms with Crippen molar-refractivity contribution in [3.63, 3.8) is 0 Å². The van der Waals surface area contributed by atoms with Gasteiger partial charge in [-0.15, -0.1) is 6.58 Å². The summed E-state index contributed by atoms with van der Waals surface area (Å²) in [5, 5.41) is 3.26. The summed E-state index contributed by atoms with van der Waals surface area (Å²) in [7, 11) is 0. The molecule has 2 nitrogen and oxygen atoms in total. The van der Waals surface area contributed by atoms with E-state index in [-0.39, 0.29) is 0 Å². The standard InChI is InChI=1S/C8H18N2/c1-4-7-10(6-3)8-9-5-2/h4,9H,1,5-8H2,2-3H3. The van der Waals surface area contributed by atoms with E-state index in [1.54, 1.807) is 0 Å². The third-order valence-corrected chi connectivity index (χ3v) is 1.42. The predicted octanol–water partition coefficient (Wildman–Crippen LogP) is 1.06. The number of nitrogens with zero attached hydrogens (tertiary/aromatic N) is 1. The van der Waals surface area contributed by atoms with E-state index >= 15 is 0 Å². The summed E-state index contributed by atoms with van der Waals surface area (Å²) in [4.78, 5) is 2.29. The second-order valence-corrected chi connectivity index (χ2v) is 2.22. The molecule has 0 saturated carbocycles. The first kappa shape index (κ1) is 9.66. The zero-order valence-corrected chi connectivity index (χ0v) is 7.06. The van der Waals surface area contributed by atoms with E-state index in [2.05, 4.69) is 30.6 Å². The lowest BCUT2D eigenvalue weighted by Gasteiger charge is -2.17. The third-order valence-electron chi connectivity index (χ3n) is 1.42. The summed E-state index contributed by atoms with van der Waals surface area (Å²) in [6.07, 6.45) is 1.93. The molecule has 0 aliphatic rings. The summed E-state index contributed by atoms with van der Waals surface area (Å²) in [6.45, 7) is 12.0. The van der Waals surface area contributed by atoms with Crippen molar-refractivity contribution in [1.29, 1.82) is 0 Å². The number of hydrogen-bond donors (Lipinski definition) is 1. The van der Waals surface area contributed by atoms with Crippen molar-refractivity contribution in [2.45, 2.75) is 13.8 Å². The Morgan fingerprint density at radius 3 is 2.60 bits per heavy atom. The van der Waals surface area contributed by atoms with Crippen LogP contribution in [0.15, 0.2) is 12.7 Å². The van der Waals surface area contributed by atoms with E-state index in [4.69, 9.17) is 0 Å². The number of rotatable bonds is 6. The summed E-state index contributed by atoms with van der Waals surface area (Å²) in [5.41, 5.74) is 0. The minimum absolute atomic E-state index is 0.971. The highest BCUT2D eigenvalue weighted by atomic mass is 15.2. The quantitative estimate of drug-likeness (QED) is 0.440. The second kappa shape index (κ2) is 6.78. The van der Waals surface area contributed by atoms with Crippen molar-refractivity contribution in [2.75, 3.05) is 26.3 Å². The Morgan fingerprint density at radius 2 is 2.20 bits per heavy atom. The van der Waals surface area contributed by atoms with Gasteiger partial charge in [-0.1, -0.05) is 19.9 Å². The van der Waals surface area contributed by atoms with Gasteiger partial charge in [-0.05, 0) is 13.1 Å². The molecule has 0 unspecified atom stereocenters. The minimum Gasteiger partial charge on any atom is -0.305 e. The molecular weight excluding hydrogens is 124 g/mol. The van der Waals surface area contributed by atoms with Crippen LogP contribution in [0.4, 0.5) is 0 Å². The summed E-state index contributed by atoms with van der Waals surface area (Å²) < 4.78 is 0. The molecule has 0 rings (SSSR count). The number of likely N-dealkylation sites (N-methyl/N-ethyl adjacent to an activating group) is 1. The van der Waals surface area contributed by atoms with Gasteiger partial charge in [0.25, 0.3) is 0 Å². The molecule has 0 aromatic heterocycles. The molecule has 0 aromatic rings. The first-order chi connectivity index (χ1) is 4.85. The first-order valence-electron chi connectivity index (χ1n) is 3.89. The number of nitrogens with one attached hydrogen (secondary N) is 1. The Balaban J connectivity index is 3.29. The molecule has 0 saturated heterocycles. The maximum atomic E-state index is 3.69. The molecule has 60 valence electrons. The molecule has 0 aliphatic heterocycles. The normalized spacial score (nSPS) is 10.3. The molecule has 0 aromatic carbocycles. The van der Waals surface area contributed by atoms with Crippen LogP contribution in [0.5, 0.6) is 0 Å². The van der Waals surface area contributed by atoms with Gasteiger partial charge in [-0.25, -0.2) is 0 Å². The van der Waals surface area contributed by atoms with Gasteiger partial charge in [0.1, 0.15) is 0 Å². The van der Waals surface area contributed by atoms with Gasteiger partial charge >= 0.3 is 0 Å². The Labute approximate surface area is 63.9 Å². The molecule has 0 aliphatic carbocycles. The van der Waals surface area contributed by atoms with Crippen molar-refractivity contribution in [1.82, 2.24) is 10.2 Å². The summed E-state index contributed by atoms with van der Waals surface area (Å²) >= 11 is 0. The van der Waals surface area contributed by atoms with Gasteiger partial charge in [-0.2, -0.15) is 0 Å². The molecule has 1 N–H and O–H groups in total. The molecule has 0 bridgehead atoms. The van der Waals surface area contributed by atoms with Gasteiger partial charge < -0.3 is 5.32 Å². The fraction of sp³-hybridized carbons (Fsp3) is 0.750. The van der Waals surface area contributed by atoms with Gasteiger partial charge in [0.15, 0.2) is 0 Å². The van der Waals surface area contributed by atoms with E-state index in [1.807, 2.05) is 6.08 Å². The minimum atomic E-state index is 0.971. The van der Waals surface area contributed by atoms with Gasteiger partial charge in [0, 0.05) is 13.2 Å². The lowest BCUT2D eigenvalue weighted by atomic mass is 10.5. The third kappa shape index (κ3) is 4.53. The van der Waals surface area contributed by atoms with E-state index in [1.165, 1.54) is 0 Å². The van der Waals surface area contributed by atoms with Crippen molar-refractivity contribution >= 4 is 0 Å². The molecule has 10 heavy (non-hydrogen) atoms. The monoisotopic (exact) mass is 142 g/mol. The topological polar surface area (TPSA) is 15.3 Å². The average Bonchev–Trinajstić information content (AvgIpc) is 1.98. The largest absolute Gasteiger partial charge is 0.305 e. The van der Waals surface area contributed by atoms with E-state index in [0.717, 1.165) is 26.3 Å². The van der Waals surface area contributed by atoms with Gasteiger partial charge in [-0.3, -0.25) is 4.90 Å². The molecule has 0 atom stereocenters. The predicted molar refractivity (Wildman–Crippen MR) is 46.0 cm³/mol. The van der Waals surface area contributed by atoms with Crippen LogP contribution in [0.25, 0.3) is 0 Å². The zero-order chi connectivity index (χ0) is 7.82. The van der Waals surface area contributed by atoms with E-state index < -0.39 is 0 Å².